The molecule has 0 bridgehead atoms. The van der Waals surface area contributed by atoms with Gasteiger partial charge in [-0.25, -0.2) is 4.98 Å². The zero-order valence-electron chi connectivity index (χ0n) is 12.0. The van der Waals surface area contributed by atoms with Gasteiger partial charge in [0.05, 0.1) is 18.6 Å². The quantitative estimate of drug-likeness (QED) is 0.511. The Morgan fingerprint density at radius 3 is 2.76 bits per heavy atom. The van der Waals surface area contributed by atoms with Gasteiger partial charge < -0.3 is 4.90 Å². The number of hydrogen-bond donors (Lipinski definition) is 2. The van der Waals surface area contributed by atoms with E-state index in [0.717, 1.165) is 31.4 Å². The molecule has 112 valence electrons. The lowest BCUT2D eigenvalue weighted by Gasteiger charge is -2.44. The van der Waals surface area contributed by atoms with E-state index in [-0.39, 0.29) is 11.3 Å². The van der Waals surface area contributed by atoms with Gasteiger partial charge in [-0.1, -0.05) is 19.8 Å². The van der Waals surface area contributed by atoms with Gasteiger partial charge in [0.1, 0.15) is 11.5 Å². The second-order valence-corrected chi connectivity index (χ2v) is 5.84. The fraction of sp³-hybridized carbons (Fsp3) is 0.571. The number of hydrogen-bond acceptors (Lipinski definition) is 5. The molecule has 1 aliphatic carbocycles. The van der Waals surface area contributed by atoms with E-state index in [1.165, 1.54) is 12.8 Å². The lowest BCUT2D eigenvalue weighted by Crippen LogP contribution is -2.56. The first-order valence-electron chi connectivity index (χ1n) is 7.36. The van der Waals surface area contributed by atoms with Crippen LogP contribution in [0.15, 0.2) is 6.20 Å². The van der Waals surface area contributed by atoms with Crippen molar-refractivity contribution in [3.8, 4) is 0 Å². The summed E-state index contributed by atoms with van der Waals surface area (Å²) in [4.78, 5) is 12.2. The van der Waals surface area contributed by atoms with E-state index in [2.05, 4.69) is 21.8 Å². The molecule has 1 saturated carbocycles. The van der Waals surface area contributed by atoms with Crippen molar-refractivity contribution in [2.45, 2.75) is 51.1 Å². The van der Waals surface area contributed by atoms with Crippen LogP contribution in [0.25, 0.3) is 0 Å². The number of nitrogens with zero attached hydrogens (tertiary/aromatic N) is 4. The second-order valence-electron chi connectivity index (χ2n) is 5.50. The third kappa shape index (κ3) is 2.27. The highest BCUT2D eigenvalue weighted by Crippen LogP contribution is 2.39. The SMILES string of the molecule is CC[C@@H]1C(=N)N(C=N)c2cnc(Cl)nc2N1C1CCCC1. The average Bonchev–Trinajstić information content (AvgIpc) is 3.00. The Balaban J connectivity index is 2.13. The molecule has 2 heterocycles. The number of aromatic nitrogens is 2. The first-order valence-corrected chi connectivity index (χ1v) is 7.74. The van der Waals surface area contributed by atoms with Crippen LogP contribution in [-0.2, 0) is 0 Å². The molecule has 6 nitrogen and oxygen atoms in total. The van der Waals surface area contributed by atoms with Crippen LogP contribution < -0.4 is 9.80 Å². The number of halogens is 1. The van der Waals surface area contributed by atoms with Crippen LogP contribution in [0.3, 0.4) is 0 Å². The predicted octanol–water partition coefficient (Wildman–Crippen LogP) is 3.06. The van der Waals surface area contributed by atoms with Crippen molar-refractivity contribution < 1.29 is 0 Å². The van der Waals surface area contributed by atoms with Crippen molar-refractivity contribution in [2.24, 2.45) is 0 Å². The van der Waals surface area contributed by atoms with Gasteiger partial charge >= 0.3 is 0 Å². The van der Waals surface area contributed by atoms with Crippen molar-refractivity contribution in [3.63, 3.8) is 0 Å². The van der Waals surface area contributed by atoms with E-state index in [1.807, 2.05) is 0 Å². The molecule has 21 heavy (non-hydrogen) atoms. The number of rotatable bonds is 3. The molecule has 0 aromatic carbocycles. The first kappa shape index (κ1) is 14.3. The molecular weight excluding hydrogens is 288 g/mol. The molecule has 1 aliphatic heterocycles. The Morgan fingerprint density at radius 1 is 1.43 bits per heavy atom. The molecule has 3 rings (SSSR count). The monoisotopic (exact) mass is 306 g/mol. The Hall–Kier alpha value is -1.69. The standard InChI is InChI=1S/C14H19ClN6/c1-2-10-12(17)20(8-16)11-7-18-14(15)19-13(11)21(10)9-5-3-4-6-9/h7-10,16-17H,2-6H2,1H3/t10-/m1/s1. The molecule has 0 radical (unpaired) electrons. The summed E-state index contributed by atoms with van der Waals surface area (Å²) in [6, 6.07) is 0.334. The third-order valence-corrected chi connectivity index (χ3v) is 4.55. The zero-order chi connectivity index (χ0) is 15.0. The van der Waals surface area contributed by atoms with Gasteiger partial charge in [0.2, 0.25) is 5.28 Å². The molecule has 1 aromatic rings. The average molecular weight is 307 g/mol. The second kappa shape index (κ2) is 5.60. The Kier molecular flexibility index (Phi) is 3.80. The smallest absolute Gasteiger partial charge is 0.224 e. The Morgan fingerprint density at radius 2 is 2.14 bits per heavy atom. The third-order valence-electron chi connectivity index (χ3n) is 4.37. The van der Waals surface area contributed by atoms with Crippen molar-refractivity contribution in [2.75, 3.05) is 9.80 Å². The molecule has 1 fully saturated rings. The minimum Gasteiger partial charge on any atom is -0.342 e. The summed E-state index contributed by atoms with van der Waals surface area (Å²) in [5.41, 5.74) is 0.677. The highest BCUT2D eigenvalue weighted by molar-refractivity contribution is 6.28. The topological polar surface area (TPSA) is 80.0 Å². The predicted molar refractivity (Wildman–Crippen MR) is 84.8 cm³/mol. The van der Waals surface area contributed by atoms with Gasteiger partial charge in [0, 0.05) is 6.04 Å². The van der Waals surface area contributed by atoms with Gasteiger partial charge in [-0.15, -0.1) is 0 Å². The summed E-state index contributed by atoms with van der Waals surface area (Å²) in [5.74, 6) is 1.17. The number of fused-ring (bicyclic) bond motifs is 1. The molecule has 1 aromatic heterocycles. The van der Waals surface area contributed by atoms with E-state index < -0.39 is 0 Å². The van der Waals surface area contributed by atoms with Gasteiger partial charge in [-0.2, -0.15) is 4.98 Å². The van der Waals surface area contributed by atoms with E-state index in [4.69, 9.17) is 22.4 Å². The molecular formula is C14H19ClN6. The maximum atomic E-state index is 8.43. The van der Waals surface area contributed by atoms with Crippen molar-refractivity contribution in [3.05, 3.63) is 11.5 Å². The molecule has 0 saturated heterocycles. The van der Waals surface area contributed by atoms with Crippen LogP contribution in [-0.4, -0.2) is 34.2 Å². The molecule has 0 spiro atoms. The van der Waals surface area contributed by atoms with Crippen LogP contribution in [0.2, 0.25) is 5.28 Å². The van der Waals surface area contributed by atoms with E-state index >= 15 is 0 Å². The van der Waals surface area contributed by atoms with Crippen molar-refractivity contribution in [1.29, 1.82) is 10.8 Å². The summed E-state index contributed by atoms with van der Waals surface area (Å²) >= 11 is 5.99. The van der Waals surface area contributed by atoms with Gasteiger partial charge in [-0.3, -0.25) is 15.7 Å². The van der Waals surface area contributed by atoms with E-state index in [1.54, 1.807) is 11.1 Å². The van der Waals surface area contributed by atoms with Crippen LogP contribution >= 0.6 is 11.6 Å². The lowest BCUT2D eigenvalue weighted by atomic mass is 10.0. The molecule has 2 N–H and O–H groups in total. The van der Waals surface area contributed by atoms with E-state index in [9.17, 15) is 0 Å². The minimum atomic E-state index is -0.0619. The summed E-state index contributed by atoms with van der Waals surface area (Å²) in [7, 11) is 0. The Bertz CT molecular complexity index is 569. The van der Waals surface area contributed by atoms with Crippen LogP contribution in [0, 0.1) is 10.8 Å². The highest BCUT2D eigenvalue weighted by atomic mass is 35.5. The van der Waals surface area contributed by atoms with Crippen molar-refractivity contribution in [1.82, 2.24) is 9.97 Å². The minimum absolute atomic E-state index is 0.0619. The highest BCUT2D eigenvalue weighted by Gasteiger charge is 2.39. The number of nitrogens with one attached hydrogen (secondary N) is 2. The maximum absolute atomic E-state index is 8.43. The first-order chi connectivity index (χ1) is 10.2. The fourth-order valence-electron chi connectivity index (χ4n) is 3.41. The van der Waals surface area contributed by atoms with Crippen LogP contribution in [0.5, 0.6) is 0 Å². The molecule has 1 atom stereocenters. The normalized spacial score (nSPS) is 22.6. The fourth-order valence-corrected chi connectivity index (χ4v) is 3.54. The molecule has 0 unspecified atom stereocenters. The summed E-state index contributed by atoms with van der Waals surface area (Å²) in [6.45, 7) is 2.07. The molecule has 2 aliphatic rings. The molecule has 7 heteroatoms. The largest absolute Gasteiger partial charge is 0.342 e. The van der Waals surface area contributed by atoms with Gasteiger partial charge in [0.25, 0.3) is 0 Å². The zero-order valence-corrected chi connectivity index (χ0v) is 12.8. The van der Waals surface area contributed by atoms with Crippen LogP contribution in [0.4, 0.5) is 11.5 Å². The lowest BCUT2D eigenvalue weighted by molar-refractivity contribution is 0.548. The summed E-state index contributed by atoms with van der Waals surface area (Å²) < 4.78 is 0. The van der Waals surface area contributed by atoms with Gasteiger partial charge in [0.15, 0.2) is 5.82 Å². The number of anilines is 2. The Labute approximate surface area is 129 Å². The summed E-state index contributed by atoms with van der Waals surface area (Å²) in [6.07, 6.45) is 8.25. The summed E-state index contributed by atoms with van der Waals surface area (Å²) in [5, 5.41) is 16.2. The maximum Gasteiger partial charge on any atom is 0.224 e. The van der Waals surface area contributed by atoms with E-state index in [0.29, 0.717) is 17.6 Å². The number of amidine groups is 1. The van der Waals surface area contributed by atoms with Crippen molar-refractivity contribution >= 4 is 35.3 Å². The van der Waals surface area contributed by atoms with Gasteiger partial charge in [-0.05, 0) is 30.9 Å². The van der Waals surface area contributed by atoms with Crippen LogP contribution in [0.1, 0.15) is 39.0 Å². The molecule has 0 amide bonds.